The molecule has 32 heavy (non-hydrogen) atoms. The Morgan fingerprint density at radius 3 is 1.94 bits per heavy atom. The first-order chi connectivity index (χ1) is 15.5. The Morgan fingerprint density at radius 2 is 1.41 bits per heavy atom. The van der Waals surface area contributed by atoms with E-state index < -0.39 is 0 Å². The highest BCUT2D eigenvalue weighted by Crippen LogP contribution is 2.21. The standard InChI is InChI=1S/C25H25N3O4/c1-32-20-14-10-18(11-15-20)25(31)27-22-6-4-5-21(22)26-24(30)17-8-12-19(13-9-17)28-16-3-2-7-23(28)29/h2-3,7-16,21-22H,4-6H2,1H3,(H,26,30)(H,27,31)/t21?,22-/m0/s1. The number of hydrogen-bond donors (Lipinski definition) is 2. The van der Waals surface area contributed by atoms with Crippen LogP contribution in [0.3, 0.4) is 0 Å². The molecule has 0 spiro atoms. The van der Waals surface area contributed by atoms with Gasteiger partial charge in [-0.3, -0.25) is 19.0 Å². The van der Waals surface area contributed by atoms with Crippen LogP contribution in [0.5, 0.6) is 5.75 Å². The van der Waals surface area contributed by atoms with Crippen LogP contribution in [0.2, 0.25) is 0 Å². The molecular weight excluding hydrogens is 406 g/mol. The van der Waals surface area contributed by atoms with Gasteiger partial charge in [0.1, 0.15) is 5.75 Å². The van der Waals surface area contributed by atoms with Crippen LogP contribution in [0, 0.1) is 0 Å². The Hall–Kier alpha value is -3.87. The van der Waals surface area contributed by atoms with Crippen molar-refractivity contribution in [3.63, 3.8) is 0 Å². The van der Waals surface area contributed by atoms with E-state index in [1.165, 1.54) is 10.6 Å². The van der Waals surface area contributed by atoms with Gasteiger partial charge in [-0.1, -0.05) is 6.07 Å². The maximum absolute atomic E-state index is 12.8. The topological polar surface area (TPSA) is 89.4 Å². The van der Waals surface area contributed by atoms with E-state index in [0.29, 0.717) is 22.6 Å². The van der Waals surface area contributed by atoms with E-state index in [9.17, 15) is 14.4 Å². The average molecular weight is 431 g/mol. The van der Waals surface area contributed by atoms with Crippen molar-refractivity contribution >= 4 is 11.8 Å². The Morgan fingerprint density at radius 1 is 0.844 bits per heavy atom. The minimum Gasteiger partial charge on any atom is -0.497 e. The molecule has 1 fully saturated rings. The molecule has 1 aliphatic rings. The molecule has 0 radical (unpaired) electrons. The summed E-state index contributed by atoms with van der Waals surface area (Å²) in [4.78, 5) is 37.4. The fraction of sp³-hybridized carbons (Fsp3) is 0.240. The van der Waals surface area contributed by atoms with E-state index >= 15 is 0 Å². The van der Waals surface area contributed by atoms with Gasteiger partial charge in [-0.05, 0) is 73.9 Å². The van der Waals surface area contributed by atoms with Crippen molar-refractivity contribution in [2.45, 2.75) is 31.3 Å². The van der Waals surface area contributed by atoms with E-state index in [-0.39, 0.29) is 29.5 Å². The third-order valence-corrected chi connectivity index (χ3v) is 5.73. The normalized spacial score (nSPS) is 17.5. The lowest BCUT2D eigenvalue weighted by atomic mass is 10.1. The van der Waals surface area contributed by atoms with E-state index in [1.807, 2.05) is 0 Å². The van der Waals surface area contributed by atoms with Crippen LogP contribution in [0.4, 0.5) is 0 Å². The summed E-state index contributed by atoms with van der Waals surface area (Å²) in [5.41, 5.74) is 1.61. The van der Waals surface area contributed by atoms with Crippen LogP contribution in [0.25, 0.3) is 5.69 Å². The van der Waals surface area contributed by atoms with Crippen LogP contribution in [0.15, 0.2) is 77.7 Å². The number of aromatic nitrogens is 1. The van der Waals surface area contributed by atoms with Gasteiger partial charge in [0.05, 0.1) is 7.11 Å². The Kier molecular flexibility index (Phi) is 6.35. The lowest BCUT2D eigenvalue weighted by Gasteiger charge is -2.22. The first-order valence-electron chi connectivity index (χ1n) is 10.6. The van der Waals surface area contributed by atoms with Gasteiger partial charge in [0.2, 0.25) is 0 Å². The Labute approximate surface area is 186 Å². The number of nitrogens with zero attached hydrogens (tertiary/aromatic N) is 1. The summed E-state index contributed by atoms with van der Waals surface area (Å²) < 4.78 is 6.64. The summed E-state index contributed by atoms with van der Waals surface area (Å²) in [6.07, 6.45) is 4.22. The summed E-state index contributed by atoms with van der Waals surface area (Å²) in [7, 11) is 1.58. The Balaban J connectivity index is 1.39. The lowest BCUT2D eigenvalue weighted by Crippen LogP contribution is -2.48. The molecule has 4 rings (SSSR count). The first kappa shape index (κ1) is 21.4. The molecule has 0 saturated heterocycles. The molecule has 3 aromatic rings. The van der Waals surface area contributed by atoms with Gasteiger partial charge in [0, 0.05) is 41.2 Å². The number of pyridine rings is 1. The maximum atomic E-state index is 12.8. The Bertz CT molecular complexity index is 1150. The maximum Gasteiger partial charge on any atom is 0.255 e. The minimum absolute atomic E-state index is 0.129. The van der Waals surface area contributed by atoms with Crippen molar-refractivity contribution < 1.29 is 14.3 Å². The lowest BCUT2D eigenvalue weighted by molar-refractivity contribution is 0.0892. The highest BCUT2D eigenvalue weighted by atomic mass is 16.5. The largest absolute Gasteiger partial charge is 0.497 e. The second-order valence-electron chi connectivity index (χ2n) is 7.78. The molecule has 1 unspecified atom stereocenters. The minimum atomic E-state index is -0.201. The second kappa shape index (κ2) is 9.51. The number of benzene rings is 2. The predicted molar refractivity (Wildman–Crippen MR) is 121 cm³/mol. The molecule has 7 heteroatoms. The number of ether oxygens (including phenoxy) is 1. The van der Waals surface area contributed by atoms with Crippen molar-refractivity contribution in [2.75, 3.05) is 7.11 Å². The van der Waals surface area contributed by atoms with E-state index in [1.54, 1.807) is 74.0 Å². The highest BCUT2D eigenvalue weighted by Gasteiger charge is 2.30. The highest BCUT2D eigenvalue weighted by molar-refractivity contribution is 5.95. The average Bonchev–Trinajstić information content (AvgIpc) is 3.25. The van der Waals surface area contributed by atoms with Gasteiger partial charge in [-0.15, -0.1) is 0 Å². The van der Waals surface area contributed by atoms with Gasteiger partial charge in [0.25, 0.3) is 17.4 Å². The number of carbonyl (C=O) groups is 2. The van der Waals surface area contributed by atoms with Gasteiger partial charge in [0.15, 0.2) is 0 Å². The second-order valence-corrected chi connectivity index (χ2v) is 7.78. The molecular formula is C25H25N3O4. The summed E-state index contributed by atoms with van der Waals surface area (Å²) in [6, 6.07) is 18.5. The van der Waals surface area contributed by atoms with Crippen molar-refractivity contribution in [1.29, 1.82) is 0 Å². The van der Waals surface area contributed by atoms with Crippen LogP contribution in [-0.4, -0.2) is 35.6 Å². The summed E-state index contributed by atoms with van der Waals surface area (Å²) in [5.74, 6) is 0.319. The summed E-state index contributed by atoms with van der Waals surface area (Å²) >= 11 is 0. The number of methoxy groups -OCH3 is 1. The summed E-state index contributed by atoms with van der Waals surface area (Å²) in [5, 5.41) is 6.09. The molecule has 0 aliphatic heterocycles. The van der Waals surface area contributed by atoms with Crippen LogP contribution in [0.1, 0.15) is 40.0 Å². The molecule has 1 aromatic heterocycles. The number of nitrogens with one attached hydrogen (secondary N) is 2. The molecule has 2 amide bonds. The van der Waals surface area contributed by atoms with E-state index in [2.05, 4.69) is 10.6 Å². The van der Waals surface area contributed by atoms with Gasteiger partial charge >= 0.3 is 0 Å². The molecule has 164 valence electrons. The molecule has 2 N–H and O–H groups in total. The molecule has 1 saturated carbocycles. The fourth-order valence-electron chi connectivity index (χ4n) is 3.97. The van der Waals surface area contributed by atoms with E-state index in [0.717, 1.165) is 19.3 Å². The zero-order valence-electron chi connectivity index (χ0n) is 17.8. The van der Waals surface area contributed by atoms with Gasteiger partial charge in [-0.25, -0.2) is 0 Å². The third kappa shape index (κ3) is 4.72. The van der Waals surface area contributed by atoms with Crippen LogP contribution in [-0.2, 0) is 0 Å². The van der Waals surface area contributed by atoms with Crippen LogP contribution >= 0.6 is 0 Å². The van der Waals surface area contributed by atoms with E-state index in [4.69, 9.17) is 4.74 Å². The SMILES string of the molecule is COc1ccc(C(=O)N[C@H]2CCCC2NC(=O)c2ccc(-n3ccccc3=O)cc2)cc1. The third-order valence-electron chi connectivity index (χ3n) is 5.73. The molecule has 2 aromatic carbocycles. The number of carbonyl (C=O) groups excluding carboxylic acids is 2. The van der Waals surface area contributed by atoms with Crippen molar-refractivity contribution in [3.8, 4) is 11.4 Å². The van der Waals surface area contributed by atoms with Crippen LogP contribution < -0.4 is 20.9 Å². The van der Waals surface area contributed by atoms with Gasteiger partial charge < -0.3 is 15.4 Å². The zero-order valence-corrected chi connectivity index (χ0v) is 17.8. The van der Waals surface area contributed by atoms with Crippen molar-refractivity contribution in [1.82, 2.24) is 15.2 Å². The zero-order chi connectivity index (χ0) is 22.5. The molecule has 7 nitrogen and oxygen atoms in total. The number of rotatable bonds is 6. The molecule has 0 bridgehead atoms. The number of amides is 2. The van der Waals surface area contributed by atoms with Gasteiger partial charge in [-0.2, -0.15) is 0 Å². The smallest absolute Gasteiger partial charge is 0.255 e. The number of hydrogen-bond acceptors (Lipinski definition) is 4. The first-order valence-corrected chi connectivity index (χ1v) is 10.6. The predicted octanol–water partition coefficient (Wildman–Crippen LogP) is 2.93. The quantitative estimate of drug-likeness (QED) is 0.628. The van der Waals surface area contributed by atoms with Crippen molar-refractivity contribution in [2.24, 2.45) is 0 Å². The van der Waals surface area contributed by atoms with Crippen molar-refractivity contribution in [3.05, 3.63) is 94.4 Å². The molecule has 1 aliphatic carbocycles. The molecule has 2 atom stereocenters. The monoisotopic (exact) mass is 431 g/mol. The fourth-order valence-corrected chi connectivity index (χ4v) is 3.97. The molecule has 1 heterocycles. The summed E-state index contributed by atoms with van der Waals surface area (Å²) in [6.45, 7) is 0.